The summed E-state index contributed by atoms with van der Waals surface area (Å²) in [6.45, 7) is 9.01. The zero-order valence-corrected chi connectivity index (χ0v) is 13.3. The number of hydrogen-bond acceptors (Lipinski definition) is 2. The van der Waals surface area contributed by atoms with E-state index in [9.17, 15) is 9.59 Å². The first-order valence-corrected chi connectivity index (χ1v) is 7.39. The number of likely N-dealkylation sites (tertiary alicyclic amines) is 1. The number of carboxylic acid groups (broad SMARTS) is 1. The molecule has 20 heavy (non-hydrogen) atoms. The molecule has 5 nitrogen and oxygen atoms in total. The van der Waals surface area contributed by atoms with E-state index < -0.39 is 5.97 Å². The highest BCUT2D eigenvalue weighted by molar-refractivity contribution is 5.76. The van der Waals surface area contributed by atoms with Gasteiger partial charge in [0.1, 0.15) is 0 Å². The first kappa shape index (κ1) is 16.8. The second-order valence-corrected chi connectivity index (χ2v) is 6.88. The van der Waals surface area contributed by atoms with Crippen molar-refractivity contribution >= 4 is 12.0 Å². The summed E-state index contributed by atoms with van der Waals surface area (Å²) in [6.07, 6.45) is 2.79. The summed E-state index contributed by atoms with van der Waals surface area (Å²) in [6, 6.07) is -0.107. The molecule has 2 unspecified atom stereocenters. The third-order valence-corrected chi connectivity index (χ3v) is 4.42. The molecule has 1 aliphatic rings. The van der Waals surface area contributed by atoms with Gasteiger partial charge in [-0.05, 0) is 31.6 Å². The Morgan fingerprint density at radius 2 is 1.95 bits per heavy atom. The standard InChI is InChI=1S/C15H28N2O3/c1-11(15(2,3)4)16(5)14(20)17-9-7-6-8-12(17)10-13(18)19/h11-12H,6-10H2,1-5H3,(H,18,19). The maximum Gasteiger partial charge on any atom is 0.320 e. The van der Waals surface area contributed by atoms with Crippen molar-refractivity contribution in [3.8, 4) is 0 Å². The zero-order chi connectivity index (χ0) is 15.5. The molecular formula is C15H28N2O3. The zero-order valence-electron chi connectivity index (χ0n) is 13.3. The molecule has 5 heteroatoms. The molecule has 0 aliphatic carbocycles. The average Bonchev–Trinajstić information content (AvgIpc) is 2.35. The molecule has 0 aromatic carbocycles. The summed E-state index contributed by atoms with van der Waals surface area (Å²) in [5.41, 5.74) is 0.00247. The topological polar surface area (TPSA) is 60.9 Å². The average molecular weight is 284 g/mol. The van der Waals surface area contributed by atoms with Gasteiger partial charge in [-0.3, -0.25) is 4.79 Å². The van der Waals surface area contributed by atoms with Gasteiger partial charge in [-0.1, -0.05) is 20.8 Å². The van der Waals surface area contributed by atoms with Crippen LogP contribution >= 0.6 is 0 Å². The molecular weight excluding hydrogens is 256 g/mol. The van der Waals surface area contributed by atoms with E-state index in [2.05, 4.69) is 20.8 Å². The monoisotopic (exact) mass is 284 g/mol. The van der Waals surface area contributed by atoms with Crippen molar-refractivity contribution in [2.24, 2.45) is 5.41 Å². The fourth-order valence-corrected chi connectivity index (χ4v) is 2.62. The molecule has 0 radical (unpaired) electrons. The summed E-state index contributed by atoms with van der Waals surface area (Å²) in [4.78, 5) is 27.1. The smallest absolute Gasteiger partial charge is 0.320 e. The molecule has 0 bridgehead atoms. The third-order valence-electron chi connectivity index (χ3n) is 4.42. The lowest BCUT2D eigenvalue weighted by Crippen LogP contribution is -2.54. The number of nitrogens with zero attached hydrogens (tertiary/aromatic N) is 2. The fraction of sp³-hybridized carbons (Fsp3) is 0.867. The Morgan fingerprint density at radius 3 is 2.45 bits per heavy atom. The first-order chi connectivity index (χ1) is 9.14. The summed E-state index contributed by atoms with van der Waals surface area (Å²) in [7, 11) is 1.81. The number of hydrogen-bond donors (Lipinski definition) is 1. The predicted molar refractivity (Wildman–Crippen MR) is 78.7 cm³/mol. The number of rotatable bonds is 3. The minimum Gasteiger partial charge on any atom is -0.481 e. The maximum absolute atomic E-state index is 12.6. The summed E-state index contributed by atoms with van der Waals surface area (Å²) < 4.78 is 0. The molecule has 0 aromatic rings. The molecule has 1 fully saturated rings. The van der Waals surface area contributed by atoms with Gasteiger partial charge >= 0.3 is 12.0 Å². The van der Waals surface area contributed by atoms with Gasteiger partial charge in [-0.2, -0.15) is 0 Å². The van der Waals surface area contributed by atoms with Crippen molar-refractivity contribution in [1.82, 2.24) is 9.80 Å². The van der Waals surface area contributed by atoms with Crippen molar-refractivity contribution < 1.29 is 14.7 Å². The molecule has 2 amide bonds. The number of amides is 2. The Hall–Kier alpha value is -1.26. The van der Waals surface area contributed by atoms with Gasteiger partial charge < -0.3 is 14.9 Å². The van der Waals surface area contributed by atoms with E-state index in [0.29, 0.717) is 6.54 Å². The lowest BCUT2D eigenvalue weighted by molar-refractivity contribution is -0.138. The van der Waals surface area contributed by atoms with Crippen LogP contribution in [0.4, 0.5) is 4.79 Å². The van der Waals surface area contributed by atoms with Crippen LogP contribution in [-0.4, -0.2) is 52.6 Å². The highest BCUT2D eigenvalue weighted by atomic mass is 16.4. The Labute approximate surface area is 121 Å². The molecule has 1 saturated heterocycles. The normalized spacial score (nSPS) is 21.4. The SMILES string of the molecule is CC(N(C)C(=O)N1CCCCC1CC(=O)O)C(C)(C)C. The molecule has 0 saturated carbocycles. The van der Waals surface area contributed by atoms with Gasteiger partial charge in [0.2, 0.25) is 0 Å². The molecule has 1 N–H and O–H groups in total. The van der Waals surface area contributed by atoms with Crippen molar-refractivity contribution in [2.75, 3.05) is 13.6 Å². The molecule has 116 valence electrons. The minimum atomic E-state index is -0.832. The number of urea groups is 1. The Kier molecular flexibility index (Phi) is 5.42. The van der Waals surface area contributed by atoms with Gasteiger partial charge in [0.15, 0.2) is 0 Å². The van der Waals surface area contributed by atoms with E-state index in [1.165, 1.54) is 0 Å². The molecule has 0 aromatic heterocycles. The molecule has 1 heterocycles. The van der Waals surface area contributed by atoms with E-state index in [0.717, 1.165) is 19.3 Å². The first-order valence-electron chi connectivity index (χ1n) is 7.39. The lowest BCUT2D eigenvalue weighted by atomic mass is 9.87. The Balaban J connectivity index is 2.79. The highest BCUT2D eigenvalue weighted by Gasteiger charge is 2.34. The fourth-order valence-electron chi connectivity index (χ4n) is 2.62. The Bertz CT molecular complexity index is 363. The largest absolute Gasteiger partial charge is 0.481 e. The predicted octanol–water partition coefficient (Wildman–Crippen LogP) is 2.80. The number of piperidine rings is 1. The van der Waals surface area contributed by atoms with E-state index in [1.807, 2.05) is 14.0 Å². The van der Waals surface area contributed by atoms with Gasteiger partial charge in [-0.15, -0.1) is 0 Å². The van der Waals surface area contributed by atoms with Crippen molar-refractivity contribution in [3.63, 3.8) is 0 Å². The Morgan fingerprint density at radius 1 is 1.35 bits per heavy atom. The van der Waals surface area contributed by atoms with Gasteiger partial charge in [-0.25, -0.2) is 4.79 Å². The maximum atomic E-state index is 12.6. The quantitative estimate of drug-likeness (QED) is 0.867. The number of carboxylic acids is 1. The molecule has 1 rings (SSSR count). The van der Waals surface area contributed by atoms with Crippen LogP contribution in [0, 0.1) is 5.41 Å². The summed E-state index contributed by atoms with van der Waals surface area (Å²) >= 11 is 0. The van der Waals surface area contributed by atoms with E-state index in [4.69, 9.17) is 5.11 Å². The minimum absolute atomic E-state index is 0.00247. The van der Waals surface area contributed by atoms with Crippen LogP contribution < -0.4 is 0 Å². The third kappa shape index (κ3) is 4.12. The molecule has 0 spiro atoms. The van der Waals surface area contributed by atoms with Crippen LogP contribution in [0.15, 0.2) is 0 Å². The van der Waals surface area contributed by atoms with Gasteiger partial charge in [0, 0.05) is 25.7 Å². The van der Waals surface area contributed by atoms with Crippen molar-refractivity contribution in [3.05, 3.63) is 0 Å². The summed E-state index contributed by atoms with van der Waals surface area (Å²) in [5.74, 6) is -0.832. The van der Waals surface area contributed by atoms with Crippen LogP contribution in [0.3, 0.4) is 0 Å². The van der Waals surface area contributed by atoms with Crippen LogP contribution in [0.5, 0.6) is 0 Å². The number of carbonyl (C=O) groups excluding carboxylic acids is 1. The van der Waals surface area contributed by atoms with Crippen LogP contribution in [0.25, 0.3) is 0 Å². The molecule has 1 aliphatic heterocycles. The number of aliphatic carboxylic acids is 1. The van der Waals surface area contributed by atoms with E-state index >= 15 is 0 Å². The lowest BCUT2D eigenvalue weighted by Gasteiger charge is -2.42. The number of carbonyl (C=O) groups is 2. The van der Waals surface area contributed by atoms with Crippen LogP contribution in [0.2, 0.25) is 0 Å². The summed E-state index contributed by atoms with van der Waals surface area (Å²) in [5, 5.41) is 8.99. The van der Waals surface area contributed by atoms with E-state index in [-0.39, 0.29) is 30.0 Å². The molecule has 2 atom stereocenters. The van der Waals surface area contributed by atoms with Crippen LogP contribution in [0.1, 0.15) is 53.4 Å². The van der Waals surface area contributed by atoms with Crippen molar-refractivity contribution in [2.45, 2.75) is 65.5 Å². The highest BCUT2D eigenvalue weighted by Crippen LogP contribution is 2.26. The van der Waals surface area contributed by atoms with Gasteiger partial charge in [0.05, 0.1) is 6.42 Å². The van der Waals surface area contributed by atoms with Crippen LogP contribution in [-0.2, 0) is 4.79 Å². The van der Waals surface area contributed by atoms with Crippen molar-refractivity contribution in [1.29, 1.82) is 0 Å². The van der Waals surface area contributed by atoms with Gasteiger partial charge in [0.25, 0.3) is 0 Å². The second-order valence-electron chi connectivity index (χ2n) is 6.88. The van der Waals surface area contributed by atoms with E-state index in [1.54, 1.807) is 9.80 Å². The second kappa shape index (κ2) is 6.46.